The lowest BCUT2D eigenvalue weighted by Gasteiger charge is -2.21. The van der Waals surface area contributed by atoms with Crippen LogP contribution in [-0.2, 0) is 11.3 Å². The highest BCUT2D eigenvalue weighted by Crippen LogP contribution is 2.24. The van der Waals surface area contributed by atoms with Gasteiger partial charge >= 0.3 is 5.97 Å². The maximum absolute atomic E-state index is 11.2. The summed E-state index contributed by atoms with van der Waals surface area (Å²) in [5.74, 6) is 0.227. The molecular weight excluding hydrogens is 356 g/mol. The molecule has 3 rings (SSSR count). The lowest BCUT2D eigenvalue weighted by atomic mass is 10.1. The van der Waals surface area contributed by atoms with Crippen LogP contribution in [0.25, 0.3) is 11.1 Å². The van der Waals surface area contributed by atoms with Gasteiger partial charge in [-0.25, -0.2) is 9.78 Å². The molecule has 0 aliphatic carbocycles. The van der Waals surface area contributed by atoms with Crippen LogP contribution in [0.15, 0.2) is 52.9 Å². The Labute approximate surface area is 164 Å². The molecule has 0 radical (unpaired) electrons. The highest BCUT2D eigenvalue weighted by molar-refractivity contribution is 5.76. The van der Waals surface area contributed by atoms with Gasteiger partial charge in [-0.1, -0.05) is 37.6 Å². The van der Waals surface area contributed by atoms with Crippen LogP contribution >= 0.6 is 0 Å². The molecule has 0 bridgehead atoms. The number of carboxylic acids is 1. The molecular formula is C22H26N2O4. The third-order valence-electron chi connectivity index (χ3n) is 4.55. The van der Waals surface area contributed by atoms with Crippen molar-refractivity contribution in [3.8, 4) is 5.75 Å². The van der Waals surface area contributed by atoms with E-state index in [1.165, 1.54) is 13.8 Å². The van der Waals surface area contributed by atoms with Crippen LogP contribution in [0.2, 0.25) is 0 Å². The molecule has 0 spiro atoms. The van der Waals surface area contributed by atoms with E-state index in [4.69, 9.17) is 14.3 Å². The summed E-state index contributed by atoms with van der Waals surface area (Å²) in [4.78, 5) is 15.8. The van der Waals surface area contributed by atoms with Gasteiger partial charge in [0.2, 0.25) is 5.89 Å². The number of nitrogens with one attached hydrogen (secondary N) is 1. The number of hydrogen-bond donors (Lipinski definition) is 2. The molecule has 0 saturated carbocycles. The Morgan fingerprint density at radius 1 is 1.21 bits per heavy atom. The zero-order valence-electron chi connectivity index (χ0n) is 16.4. The molecule has 0 fully saturated rings. The van der Waals surface area contributed by atoms with Gasteiger partial charge in [0, 0.05) is 6.54 Å². The van der Waals surface area contributed by atoms with Crippen molar-refractivity contribution in [2.75, 3.05) is 0 Å². The Morgan fingerprint density at radius 3 is 2.57 bits per heavy atom. The number of hydrogen-bond acceptors (Lipinski definition) is 5. The predicted octanol–water partition coefficient (Wildman–Crippen LogP) is 4.70. The van der Waals surface area contributed by atoms with Crippen molar-refractivity contribution in [3.05, 3.63) is 60.0 Å². The Morgan fingerprint density at radius 2 is 1.93 bits per heavy atom. The lowest BCUT2D eigenvalue weighted by molar-refractivity contribution is -0.152. The lowest BCUT2D eigenvalue weighted by Crippen LogP contribution is -2.37. The normalized spacial score (nSPS) is 12.8. The first kappa shape index (κ1) is 19.9. The molecule has 6 nitrogen and oxygen atoms in total. The molecule has 2 N–H and O–H groups in total. The van der Waals surface area contributed by atoms with E-state index in [2.05, 4.69) is 17.2 Å². The number of benzene rings is 2. The van der Waals surface area contributed by atoms with E-state index >= 15 is 0 Å². The molecule has 1 atom stereocenters. The number of fused-ring (bicyclic) bond motifs is 1. The minimum Gasteiger partial charge on any atom is -0.478 e. The minimum atomic E-state index is -1.26. The van der Waals surface area contributed by atoms with E-state index in [1.807, 2.05) is 36.4 Å². The van der Waals surface area contributed by atoms with Gasteiger partial charge in [-0.05, 0) is 50.1 Å². The number of nitrogens with zero attached hydrogens (tertiary/aromatic N) is 1. The van der Waals surface area contributed by atoms with Crippen molar-refractivity contribution >= 4 is 17.1 Å². The zero-order valence-corrected chi connectivity index (χ0v) is 16.4. The van der Waals surface area contributed by atoms with Crippen molar-refractivity contribution in [2.24, 2.45) is 0 Å². The molecule has 0 saturated heterocycles. The highest BCUT2D eigenvalue weighted by atomic mass is 16.5. The van der Waals surface area contributed by atoms with E-state index in [9.17, 15) is 4.79 Å². The van der Waals surface area contributed by atoms with E-state index < -0.39 is 11.6 Å². The number of rotatable bonds is 9. The second kappa shape index (κ2) is 8.44. The second-order valence-electron chi connectivity index (χ2n) is 7.30. The fourth-order valence-electron chi connectivity index (χ4n) is 2.90. The predicted molar refractivity (Wildman–Crippen MR) is 107 cm³/mol. The second-order valence-corrected chi connectivity index (χ2v) is 7.30. The minimum absolute atomic E-state index is 0.0271. The van der Waals surface area contributed by atoms with Crippen molar-refractivity contribution in [2.45, 2.75) is 51.8 Å². The summed E-state index contributed by atoms with van der Waals surface area (Å²) in [7, 11) is 0. The first-order chi connectivity index (χ1) is 13.4. The number of oxazole rings is 1. The molecule has 3 aromatic rings. The van der Waals surface area contributed by atoms with Gasteiger partial charge in [0.1, 0.15) is 11.3 Å². The van der Waals surface area contributed by atoms with Crippen molar-refractivity contribution < 1.29 is 19.1 Å². The smallest absolute Gasteiger partial charge is 0.347 e. The maximum atomic E-state index is 11.2. The monoisotopic (exact) mass is 382 g/mol. The standard InChI is InChI=1S/C22H26N2O4/c1-4-7-18(20-24-17-8-5-6-9-19(17)27-20)23-14-15-10-12-16(13-11-15)28-22(2,3)21(25)26/h5-6,8-13,18,23H,4,7,14H2,1-3H3,(H,25,26). The van der Waals surface area contributed by atoms with Gasteiger partial charge in [0.25, 0.3) is 0 Å². The maximum Gasteiger partial charge on any atom is 0.347 e. The van der Waals surface area contributed by atoms with Crippen LogP contribution in [0.4, 0.5) is 0 Å². The average Bonchev–Trinajstić information content (AvgIpc) is 3.10. The van der Waals surface area contributed by atoms with Gasteiger partial charge in [-0.3, -0.25) is 0 Å². The van der Waals surface area contributed by atoms with E-state index in [1.54, 1.807) is 12.1 Å². The van der Waals surface area contributed by atoms with Crippen LogP contribution in [-0.4, -0.2) is 21.7 Å². The van der Waals surface area contributed by atoms with Crippen LogP contribution in [0.3, 0.4) is 0 Å². The molecule has 0 aliphatic heterocycles. The SMILES string of the molecule is CCCC(NCc1ccc(OC(C)(C)C(=O)O)cc1)c1nc2ccccc2o1. The van der Waals surface area contributed by atoms with Crippen molar-refractivity contribution in [1.29, 1.82) is 0 Å². The summed E-state index contributed by atoms with van der Waals surface area (Å²) in [5.41, 5.74) is 1.46. The fraction of sp³-hybridized carbons (Fsp3) is 0.364. The summed E-state index contributed by atoms with van der Waals surface area (Å²) < 4.78 is 11.5. The van der Waals surface area contributed by atoms with Gasteiger partial charge in [0.05, 0.1) is 6.04 Å². The largest absolute Gasteiger partial charge is 0.478 e. The number of ether oxygens (including phenoxy) is 1. The molecule has 1 heterocycles. The van der Waals surface area contributed by atoms with Gasteiger partial charge in [-0.15, -0.1) is 0 Å². The van der Waals surface area contributed by atoms with Gasteiger partial charge < -0.3 is 19.6 Å². The molecule has 0 aliphatic rings. The van der Waals surface area contributed by atoms with Crippen LogP contribution in [0, 0.1) is 0 Å². The Bertz CT molecular complexity index is 898. The number of aromatic nitrogens is 1. The molecule has 28 heavy (non-hydrogen) atoms. The molecule has 6 heteroatoms. The third kappa shape index (κ3) is 4.70. The molecule has 2 aromatic carbocycles. The summed E-state index contributed by atoms with van der Waals surface area (Å²) in [6, 6.07) is 15.2. The molecule has 148 valence electrons. The molecule has 0 amide bonds. The summed E-state index contributed by atoms with van der Waals surface area (Å²) in [6.07, 6.45) is 1.92. The number of para-hydroxylation sites is 2. The topological polar surface area (TPSA) is 84.6 Å². The summed E-state index contributed by atoms with van der Waals surface area (Å²) in [5, 5.41) is 12.7. The molecule has 1 unspecified atom stereocenters. The van der Waals surface area contributed by atoms with Crippen LogP contribution < -0.4 is 10.1 Å². The van der Waals surface area contributed by atoms with Gasteiger partial charge in [0.15, 0.2) is 11.2 Å². The fourth-order valence-corrected chi connectivity index (χ4v) is 2.90. The number of carboxylic acid groups (broad SMARTS) is 1. The van der Waals surface area contributed by atoms with Crippen LogP contribution in [0.5, 0.6) is 5.75 Å². The van der Waals surface area contributed by atoms with Crippen molar-refractivity contribution in [1.82, 2.24) is 10.3 Å². The quantitative estimate of drug-likeness (QED) is 0.558. The van der Waals surface area contributed by atoms with E-state index in [-0.39, 0.29) is 6.04 Å². The first-order valence-corrected chi connectivity index (χ1v) is 9.49. The van der Waals surface area contributed by atoms with Gasteiger partial charge in [-0.2, -0.15) is 0 Å². The Balaban J connectivity index is 1.66. The Kier molecular flexibility index (Phi) is 5.99. The third-order valence-corrected chi connectivity index (χ3v) is 4.55. The summed E-state index contributed by atoms with van der Waals surface area (Å²) >= 11 is 0. The van der Waals surface area contributed by atoms with Crippen LogP contribution in [0.1, 0.15) is 51.1 Å². The highest BCUT2D eigenvalue weighted by Gasteiger charge is 2.29. The first-order valence-electron chi connectivity index (χ1n) is 9.49. The average molecular weight is 382 g/mol. The van der Waals surface area contributed by atoms with E-state index in [0.29, 0.717) is 18.2 Å². The number of carbonyl (C=O) groups is 1. The Hall–Kier alpha value is -2.86. The zero-order chi connectivity index (χ0) is 20.1. The van der Waals surface area contributed by atoms with E-state index in [0.717, 1.165) is 29.5 Å². The van der Waals surface area contributed by atoms with Crippen molar-refractivity contribution in [3.63, 3.8) is 0 Å². The number of aliphatic carboxylic acids is 1. The summed E-state index contributed by atoms with van der Waals surface area (Å²) in [6.45, 7) is 5.83. The molecule has 1 aromatic heterocycles.